The van der Waals surface area contributed by atoms with Crippen molar-refractivity contribution in [3.05, 3.63) is 49.0 Å². The Bertz CT molecular complexity index is 564. The Balaban J connectivity index is 1.92. The number of thiazole rings is 1. The summed E-state index contributed by atoms with van der Waals surface area (Å²) in [5.74, 6) is 0. The molecule has 6 heteroatoms. The molecule has 0 spiro atoms. The quantitative estimate of drug-likeness (QED) is 0.757. The minimum Gasteiger partial charge on any atom is -0.398 e. The second-order valence-electron chi connectivity index (χ2n) is 3.62. The number of nitrogens with one attached hydrogen (secondary N) is 2. The molecule has 1 aromatic carbocycles. The third-order valence-electron chi connectivity index (χ3n) is 2.31. The number of benzene rings is 1. The van der Waals surface area contributed by atoms with Crippen molar-refractivity contribution in [2.24, 2.45) is 0 Å². The summed E-state index contributed by atoms with van der Waals surface area (Å²) in [6.45, 7) is 1.31. The van der Waals surface area contributed by atoms with Gasteiger partial charge in [-0.1, -0.05) is 33.3 Å². The molecule has 1 heterocycles. The van der Waals surface area contributed by atoms with E-state index in [-0.39, 0.29) is 4.87 Å². The van der Waals surface area contributed by atoms with Gasteiger partial charge >= 0.3 is 4.87 Å². The van der Waals surface area contributed by atoms with Gasteiger partial charge in [-0.05, 0) is 17.7 Å². The fourth-order valence-electron chi connectivity index (χ4n) is 1.46. The lowest BCUT2D eigenvalue weighted by Crippen LogP contribution is -2.14. The van der Waals surface area contributed by atoms with Crippen molar-refractivity contribution >= 4 is 33.0 Å². The highest BCUT2D eigenvalue weighted by atomic mass is 79.9. The molecule has 0 fully saturated rings. The predicted octanol–water partition coefficient (Wildman–Crippen LogP) is 2.07. The van der Waals surface area contributed by atoms with Gasteiger partial charge in [0.1, 0.15) is 0 Å². The standard InChI is InChI=1S/C11H12BrN3OS/c12-8-2-1-7(10(13)3-8)4-14-5-9-6-17-11(16)15-9/h1-3,6,14H,4-5,13H2,(H,15,16). The van der Waals surface area contributed by atoms with Gasteiger partial charge in [-0.3, -0.25) is 4.79 Å². The van der Waals surface area contributed by atoms with Gasteiger partial charge in [0, 0.05) is 34.3 Å². The molecule has 0 unspecified atom stereocenters. The van der Waals surface area contributed by atoms with Crippen molar-refractivity contribution in [3.63, 3.8) is 0 Å². The second kappa shape index (κ2) is 5.48. The number of anilines is 1. The van der Waals surface area contributed by atoms with Crippen molar-refractivity contribution in [2.75, 3.05) is 5.73 Å². The van der Waals surface area contributed by atoms with Crippen LogP contribution in [0.3, 0.4) is 0 Å². The number of nitrogens with two attached hydrogens (primary N) is 1. The van der Waals surface area contributed by atoms with Crippen LogP contribution < -0.4 is 15.9 Å². The Morgan fingerprint density at radius 2 is 2.24 bits per heavy atom. The number of rotatable bonds is 4. The van der Waals surface area contributed by atoms with Crippen molar-refractivity contribution in [2.45, 2.75) is 13.1 Å². The summed E-state index contributed by atoms with van der Waals surface area (Å²) < 4.78 is 0.973. The Labute approximate surface area is 111 Å². The van der Waals surface area contributed by atoms with Crippen LogP contribution in [-0.2, 0) is 13.1 Å². The van der Waals surface area contributed by atoms with Crippen LogP contribution in [0.1, 0.15) is 11.3 Å². The Hall–Kier alpha value is -1.11. The SMILES string of the molecule is Nc1cc(Br)ccc1CNCc1csc(=O)[nH]1. The van der Waals surface area contributed by atoms with Gasteiger partial charge in [0.15, 0.2) is 0 Å². The summed E-state index contributed by atoms with van der Waals surface area (Å²) in [6, 6.07) is 5.81. The van der Waals surface area contributed by atoms with Crippen molar-refractivity contribution in [1.29, 1.82) is 0 Å². The van der Waals surface area contributed by atoms with Gasteiger partial charge in [-0.25, -0.2) is 0 Å². The molecule has 0 aliphatic rings. The first-order chi connectivity index (χ1) is 8.15. The van der Waals surface area contributed by atoms with E-state index in [2.05, 4.69) is 26.2 Å². The van der Waals surface area contributed by atoms with Crippen molar-refractivity contribution < 1.29 is 0 Å². The molecule has 0 atom stereocenters. The zero-order chi connectivity index (χ0) is 12.3. The predicted molar refractivity (Wildman–Crippen MR) is 74.0 cm³/mol. The van der Waals surface area contributed by atoms with E-state index in [1.165, 1.54) is 11.3 Å². The summed E-state index contributed by atoms with van der Waals surface area (Å²) in [6.07, 6.45) is 0. The molecule has 0 saturated heterocycles. The molecule has 1 aromatic heterocycles. The highest BCUT2D eigenvalue weighted by Crippen LogP contribution is 2.18. The van der Waals surface area contributed by atoms with Crippen molar-refractivity contribution in [3.8, 4) is 0 Å². The molecule has 0 aliphatic carbocycles. The van der Waals surface area contributed by atoms with E-state index in [0.29, 0.717) is 13.1 Å². The van der Waals surface area contributed by atoms with E-state index in [1.807, 2.05) is 23.6 Å². The third kappa shape index (κ3) is 3.42. The van der Waals surface area contributed by atoms with Crippen LogP contribution in [0.4, 0.5) is 5.69 Å². The number of hydrogen-bond acceptors (Lipinski definition) is 4. The second-order valence-corrected chi connectivity index (χ2v) is 5.38. The van der Waals surface area contributed by atoms with E-state index in [9.17, 15) is 4.79 Å². The van der Waals surface area contributed by atoms with Crippen LogP contribution in [0.25, 0.3) is 0 Å². The number of nitrogen functional groups attached to an aromatic ring is 1. The van der Waals surface area contributed by atoms with Gasteiger partial charge in [-0.15, -0.1) is 0 Å². The lowest BCUT2D eigenvalue weighted by molar-refractivity contribution is 0.683. The lowest BCUT2D eigenvalue weighted by atomic mass is 10.2. The third-order valence-corrected chi connectivity index (χ3v) is 3.52. The highest BCUT2D eigenvalue weighted by molar-refractivity contribution is 9.10. The summed E-state index contributed by atoms with van der Waals surface area (Å²) in [7, 11) is 0. The number of hydrogen-bond donors (Lipinski definition) is 3. The smallest absolute Gasteiger partial charge is 0.304 e. The molecule has 0 bridgehead atoms. The number of halogens is 1. The maximum absolute atomic E-state index is 10.9. The van der Waals surface area contributed by atoms with Gasteiger partial charge < -0.3 is 16.0 Å². The fourth-order valence-corrected chi connectivity index (χ4v) is 2.42. The zero-order valence-corrected chi connectivity index (χ0v) is 11.4. The molecule has 17 heavy (non-hydrogen) atoms. The van der Waals surface area contributed by atoms with Gasteiger partial charge in [0.25, 0.3) is 0 Å². The largest absolute Gasteiger partial charge is 0.398 e. The average molecular weight is 314 g/mol. The molecule has 90 valence electrons. The highest BCUT2D eigenvalue weighted by Gasteiger charge is 2.00. The molecule has 0 saturated carbocycles. The van der Waals surface area contributed by atoms with E-state index < -0.39 is 0 Å². The molecule has 2 aromatic rings. The van der Waals surface area contributed by atoms with Crippen LogP contribution in [0, 0.1) is 0 Å². The molecular formula is C11H12BrN3OS. The summed E-state index contributed by atoms with van der Waals surface area (Å²) in [5.41, 5.74) is 8.58. The van der Waals surface area contributed by atoms with Crippen LogP contribution in [0.2, 0.25) is 0 Å². The van der Waals surface area contributed by atoms with Crippen LogP contribution >= 0.6 is 27.3 Å². The van der Waals surface area contributed by atoms with Gasteiger partial charge in [0.05, 0.1) is 0 Å². The molecule has 2 rings (SSSR count). The first kappa shape index (κ1) is 12.3. The number of H-pyrrole nitrogens is 1. The molecule has 0 radical (unpaired) electrons. The number of aromatic amines is 1. The molecular weight excluding hydrogens is 302 g/mol. The number of aromatic nitrogens is 1. The Morgan fingerprint density at radius 1 is 1.41 bits per heavy atom. The summed E-state index contributed by atoms with van der Waals surface area (Å²) >= 11 is 4.54. The summed E-state index contributed by atoms with van der Waals surface area (Å²) in [5, 5.41) is 5.05. The first-order valence-corrected chi connectivity index (χ1v) is 6.74. The van der Waals surface area contributed by atoms with Gasteiger partial charge in [-0.2, -0.15) is 0 Å². The van der Waals surface area contributed by atoms with Crippen LogP contribution in [-0.4, -0.2) is 4.98 Å². The van der Waals surface area contributed by atoms with E-state index in [4.69, 9.17) is 5.73 Å². The minimum atomic E-state index is -0.0232. The Morgan fingerprint density at radius 3 is 2.88 bits per heavy atom. The van der Waals surface area contributed by atoms with Crippen molar-refractivity contribution in [1.82, 2.24) is 10.3 Å². The zero-order valence-electron chi connectivity index (χ0n) is 9.00. The average Bonchev–Trinajstić information content (AvgIpc) is 2.68. The van der Waals surface area contributed by atoms with Crippen LogP contribution in [0.5, 0.6) is 0 Å². The summed E-state index contributed by atoms with van der Waals surface area (Å²) in [4.78, 5) is 13.6. The Kier molecular flexibility index (Phi) is 3.98. The fraction of sp³-hybridized carbons (Fsp3) is 0.182. The molecule has 4 nitrogen and oxygen atoms in total. The monoisotopic (exact) mass is 313 g/mol. The molecule has 0 amide bonds. The first-order valence-electron chi connectivity index (χ1n) is 5.06. The minimum absolute atomic E-state index is 0.0232. The maximum atomic E-state index is 10.9. The lowest BCUT2D eigenvalue weighted by Gasteiger charge is -2.07. The normalized spacial score (nSPS) is 10.6. The van der Waals surface area contributed by atoms with Gasteiger partial charge in [0.2, 0.25) is 0 Å². The van der Waals surface area contributed by atoms with E-state index in [1.54, 1.807) is 0 Å². The maximum Gasteiger partial charge on any atom is 0.304 e. The van der Waals surface area contributed by atoms with Crippen LogP contribution in [0.15, 0.2) is 32.8 Å². The molecule has 0 aliphatic heterocycles. The molecule has 4 N–H and O–H groups in total. The topological polar surface area (TPSA) is 70.9 Å². The van der Waals surface area contributed by atoms with E-state index >= 15 is 0 Å². The van der Waals surface area contributed by atoms with E-state index in [0.717, 1.165) is 21.4 Å².